The summed E-state index contributed by atoms with van der Waals surface area (Å²) in [6.07, 6.45) is -0.880. The van der Waals surface area contributed by atoms with Crippen LogP contribution in [0.3, 0.4) is 0 Å². The summed E-state index contributed by atoms with van der Waals surface area (Å²) in [6, 6.07) is 5.24. The van der Waals surface area contributed by atoms with Gasteiger partial charge in [-0.25, -0.2) is 4.79 Å². The van der Waals surface area contributed by atoms with E-state index < -0.39 is 29.4 Å². The van der Waals surface area contributed by atoms with E-state index >= 15 is 0 Å². The standard InChI is InChI=1S/C19H24O6/c1-18(2,15(21)9-20)12-6-10-5-11-7-16(19(3,4)23)24-13(11)8-14(10)25-17(12)22/h5-6,8,15-16,20-21,23H,7,9H2,1-4H3. The van der Waals surface area contributed by atoms with Crippen molar-refractivity contribution < 1.29 is 24.5 Å². The number of aliphatic hydroxyl groups excluding tert-OH is 2. The Kier molecular flexibility index (Phi) is 4.18. The molecular weight excluding hydrogens is 324 g/mol. The molecule has 1 aromatic heterocycles. The first-order chi connectivity index (χ1) is 11.5. The minimum atomic E-state index is -1.08. The van der Waals surface area contributed by atoms with E-state index in [9.17, 15) is 20.1 Å². The second-order valence-corrected chi connectivity index (χ2v) is 7.83. The highest BCUT2D eigenvalue weighted by Gasteiger charge is 2.36. The van der Waals surface area contributed by atoms with Gasteiger partial charge in [-0.2, -0.15) is 0 Å². The van der Waals surface area contributed by atoms with Gasteiger partial charge >= 0.3 is 5.63 Å². The summed E-state index contributed by atoms with van der Waals surface area (Å²) >= 11 is 0. The fourth-order valence-corrected chi connectivity index (χ4v) is 3.11. The molecule has 3 rings (SSSR count). The Labute approximate surface area is 145 Å². The molecule has 0 radical (unpaired) electrons. The first-order valence-corrected chi connectivity index (χ1v) is 8.33. The molecule has 2 atom stereocenters. The lowest BCUT2D eigenvalue weighted by molar-refractivity contribution is -0.0229. The van der Waals surface area contributed by atoms with E-state index in [1.54, 1.807) is 39.8 Å². The summed E-state index contributed by atoms with van der Waals surface area (Å²) in [5, 5.41) is 30.2. The number of benzene rings is 1. The van der Waals surface area contributed by atoms with Crippen molar-refractivity contribution in [3.63, 3.8) is 0 Å². The normalized spacial score (nSPS) is 18.9. The summed E-state index contributed by atoms with van der Waals surface area (Å²) in [7, 11) is 0. The van der Waals surface area contributed by atoms with E-state index in [1.807, 2.05) is 6.07 Å². The van der Waals surface area contributed by atoms with Crippen LogP contribution < -0.4 is 10.4 Å². The zero-order valence-corrected chi connectivity index (χ0v) is 14.9. The van der Waals surface area contributed by atoms with Crippen LogP contribution in [0.2, 0.25) is 0 Å². The Morgan fingerprint density at radius 3 is 2.52 bits per heavy atom. The molecule has 0 saturated carbocycles. The number of hydrogen-bond donors (Lipinski definition) is 3. The van der Waals surface area contributed by atoms with Gasteiger partial charge in [0.2, 0.25) is 0 Å². The monoisotopic (exact) mass is 348 g/mol. The molecule has 1 aliphatic rings. The smallest absolute Gasteiger partial charge is 0.340 e. The second-order valence-electron chi connectivity index (χ2n) is 7.83. The fraction of sp³-hybridized carbons (Fsp3) is 0.526. The van der Waals surface area contributed by atoms with Crippen LogP contribution in [0.5, 0.6) is 5.75 Å². The molecule has 136 valence electrons. The Morgan fingerprint density at radius 2 is 1.92 bits per heavy atom. The van der Waals surface area contributed by atoms with Crippen LogP contribution in [-0.4, -0.2) is 39.7 Å². The van der Waals surface area contributed by atoms with Crippen LogP contribution >= 0.6 is 0 Å². The third kappa shape index (κ3) is 3.05. The molecule has 2 heterocycles. The van der Waals surface area contributed by atoms with E-state index in [1.165, 1.54) is 0 Å². The lowest BCUT2D eigenvalue weighted by Gasteiger charge is -2.28. The van der Waals surface area contributed by atoms with Crippen molar-refractivity contribution in [1.29, 1.82) is 0 Å². The first-order valence-electron chi connectivity index (χ1n) is 8.33. The molecule has 0 spiro atoms. The predicted molar refractivity (Wildman–Crippen MR) is 93.0 cm³/mol. The van der Waals surface area contributed by atoms with Crippen molar-refractivity contribution in [2.75, 3.05) is 6.61 Å². The Hall–Kier alpha value is -1.89. The van der Waals surface area contributed by atoms with Crippen molar-refractivity contribution in [1.82, 2.24) is 0 Å². The molecule has 2 unspecified atom stereocenters. The van der Waals surface area contributed by atoms with Crippen molar-refractivity contribution in [3.05, 3.63) is 39.7 Å². The molecular formula is C19H24O6. The molecule has 0 saturated heterocycles. The summed E-state index contributed by atoms with van der Waals surface area (Å²) in [4.78, 5) is 12.4. The molecule has 0 aliphatic carbocycles. The van der Waals surface area contributed by atoms with Crippen molar-refractivity contribution in [2.24, 2.45) is 0 Å². The lowest BCUT2D eigenvalue weighted by Crippen LogP contribution is -2.39. The van der Waals surface area contributed by atoms with E-state index in [2.05, 4.69) is 0 Å². The van der Waals surface area contributed by atoms with Crippen molar-refractivity contribution in [2.45, 2.75) is 57.3 Å². The number of aliphatic hydroxyl groups is 3. The van der Waals surface area contributed by atoms with Gasteiger partial charge in [0.05, 0.1) is 18.3 Å². The third-order valence-corrected chi connectivity index (χ3v) is 5.08. The molecule has 0 amide bonds. The SMILES string of the molecule is CC(C)(O)C1Cc2cc3cc(C(C)(C)C(O)CO)c(=O)oc3cc2O1. The average molecular weight is 348 g/mol. The minimum Gasteiger partial charge on any atom is -0.487 e. The molecule has 0 bridgehead atoms. The minimum absolute atomic E-state index is 0.305. The summed E-state index contributed by atoms with van der Waals surface area (Å²) < 4.78 is 11.2. The van der Waals surface area contributed by atoms with E-state index in [-0.39, 0.29) is 6.10 Å². The Bertz CT molecular complexity index is 859. The van der Waals surface area contributed by atoms with Gasteiger partial charge in [0.25, 0.3) is 0 Å². The second kappa shape index (κ2) is 5.83. The molecule has 25 heavy (non-hydrogen) atoms. The number of ether oxygens (including phenoxy) is 1. The van der Waals surface area contributed by atoms with Crippen LogP contribution in [0.15, 0.2) is 27.4 Å². The van der Waals surface area contributed by atoms with Gasteiger partial charge in [0.1, 0.15) is 17.4 Å². The largest absolute Gasteiger partial charge is 0.487 e. The van der Waals surface area contributed by atoms with Gasteiger partial charge in [0.15, 0.2) is 0 Å². The van der Waals surface area contributed by atoms with Gasteiger partial charge in [-0.3, -0.25) is 0 Å². The van der Waals surface area contributed by atoms with Gasteiger partial charge in [-0.05, 0) is 31.5 Å². The maximum absolute atomic E-state index is 12.4. The summed E-state index contributed by atoms with van der Waals surface area (Å²) in [5.74, 6) is 0.602. The zero-order valence-electron chi connectivity index (χ0n) is 14.9. The van der Waals surface area contributed by atoms with Gasteiger partial charge in [-0.15, -0.1) is 0 Å². The average Bonchev–Trinajstić information content (AvgIpc) is 2.94. The Balaban J connectivity index is 2.09. The van der Waals surface area contributed by atoms with Gasteiger partial charge in [-0.1, -0.05) is 13.8 Å². The van der Waals surface area contributed by atoms with E-state index in [0.29, 0.717) is 28.7 Å². The van der Waals surface area contributed by atoms with Crippen LogP contribution in [0.25, 0.3) is 11.0 Å². The van der Waals surface area contributed by atoms with E-state index in [0.717, 1.165) is 5.56 Å². The zero-order chi connectivity index (χ0) is 18.6. The quantitative estimate of drug-likeness (QED) is 0.724. The van der Waals surface area contributed by atoms with E-state index in [4.69, 9.17) is 9.15 Å². The molecule has 1 aliphatic heterocycles. The number of fused-ring (bicyclic) bond motifs is 2. The highest BCUT2D eigenvalue weighted by Crippen LogP contribution is 2.37. The maximum Gasteiger partial charge on any atom is 0.340 e. The molecule has 6 nitrogen and oxygen atoms in total. The maximum atomic E-state index is 12.4. The van der Waals surface area contributed by atoms with Crippen molar-refractivity contribution >= 4 is 11.0 Å². The van der Waals surface area contributed by atoms with Crippen LogP contribution in [-0.2, 0) is 11.8 Å². The van der Waals surface area contributed by atoms with Crippen LogP contribution in [0.1, 0.15) is 38.8 Å². The third-order valence-electron chi connectivity index (χ3n) is 5.08. The predicted octanol–water partition coefficient (Wildman–Crippen LogP) is 1.50. The topological polar surface area (TPSA) is 100 Å². The fourth-order valence-electron chi connectivity index (χ4n) is 3.11. The molecule has 6 heteroatoms. The molecule has 3 N–H and O–H groups in total. The van der Waals surface area contributed by atoms with Crippen LogP contribution in [0.4, 0.5) is 0 Å². The molecule has 2 aromatic rings. The summed E-state index contributed by atoms with van der Waals surface area (Å²) in [6.45, 7) is 6.32. The molecule has 1 aromatic carbocycles. The molecule has 0 fully saturated rings. The highest BCUT2D eigenvalue weighted by molar-refractivity contribution is 5.80. The summed E-state index contributed by atoms with van der Waals surface area (Å²) in [5.41, 5.74) is -0.862. The number of hydrogen-bond acceptors (Lipinski definition) is 6. The van der Waals surface area contributed by atoms with Crippen LogP contribution in [0, 0.1) is 0 Å². The first kappa shape index (κ1) is 17.9. The van der Waals surface area contributed by atoms with Crippen molar-refractivity contribution in [3.8, 4) is 5.75 Å². The number of rotatable bonds is 4. The lowest BCUT2D eigenvalue weighted by atomic mass is 9.80. The highest BCUT2D eigenvalue weighted by atomic mass is 16.5. The van der Waals surface area contributed by atoms with Gasteiger partial charge < -0.3 is 24.5 Å². The Morgan fingerprint density at radius 1 is 1.24 bits per heavy atom. The van der Waals surface area contributed by atoms with Gasteiger partial charge in [0, 0.05) is 28.9 Å².